The van der Waals surface area contributed by atoms with E-state index >= 15 is 0 Å². The van der Waals surface area contributed by atoms with E-state index in [-0.39, 0.29) is 17.7 Å². The molecule has 1 N–H and O–H groups in total. The van der Waals surface area contributed by atoms with Crippen LogP contribution in [0.25, 0.3) is 0 Å². The van der Waals surface area contributed by atoms with E-state index in [0.717, 1.165) is 11.4 Å². The maximum atomic E-state index is 13.6. The molecule has 2 aromatic carbocycles. The molecular weight excluding hydrogens is 336 g/mol. The molecule has 138 valence electrons. The first-order valence-electron chi connectivity index (χ1n) is 9.20. The molecule has 1 aliphatic rings. The molecule has 2 atom stereocenters. The molecule has 1 aliphatic carbocycles. The van der Waals surface area contributed by atoms with Crippen molar-refractivity contribution < 1.29 is 9.59 Å². The van der Waals surface area contributed by atoms with Crippen LogP contribution in [0.2, 0.25) is 0 Å². The van der Waals surface area contributed by atoms with E-state index in [2.05, 4.69) is 11.9 Å². The van der Waals surface area contributed by atoms with Gasteiger partial charge >= 0.3 is 0 Å². The monoisotopic (exact) mass is 360 g/mol. The lowest BCUT2D eigenvalue weighted by molar-refractivity contribution is -0.133. The van der Waals surface area contributed by atoms with Gasteiger partial charge in [0, 0.05) is 17.9 Å². The molecule has 0 saturated heterocycles. The van der Waals surface area contributed by atoms with Crippen molar-refractivity contribution in [1.29, 1.82) is 0 Å². The van der Waals surface area contributed by atoms with Crippen LogP contribution in [-0.4, -0.2) is 18.4 Å². The van der Waals surface area contributed by atoms with Gasteiger partial charge in [0.1, 0.15) is 0 Å². The summed E-state index contributed by atoms with van der Waals surface area (Å²) in [6, 6.07) is 19.1. The van der Waals surface area contributed by atoms with E-state index in [0.29, 0.717) is 19.4 Å². The highest BCUT2D eigenvalue weighted by atomic mass is 16.2. The van der Waals surface area contributed by atoms with Crippen LogP contribution in [0.5, 0.6) is 0 Å². The molecule has 0 spiro atoms. The predicted octanol–water partition coefficient (Wildman–Crippen LogP) is 4.24. The minimum Gasteiger partial charge on any atom is -0.352 e. The third-order valence-corrected chi connectivity index (χ3v) is 4.76. The number of hydrogen-bond acceptors (Lipinski definition) is 2. The number of carbonyl (C=O) groups excluding carboxylic acids is 2. The molecule has 0 heterocycles. The van der Waals surface area contributed by atoms with Gasteiger partial charge in [-0.15, -0.1) is 6.58 Å². The Bertz CT molecular complexity index is 775. The smallest absolute Gasteiger partial charge is 0.235 e. The van der Waals surface area contributed by atoms with Crippen LogP contribution in [0.1, 0.15) is 12.8 Å². The summed E-state index contributed by atoms with van der Waals surface area (Å²) in [6.45, 7) is 4.04. The standard InChI is InChI=1S/C23H24N2O2/c1-2-17-24-22(26)20-15-9-10-16-21(20)23(27)25(18-11-5-3-6-12-18)19-13-7-4-8-14-19/h2-14,20-21H,1,15-17H2,(H,24,26)/t20-,21+/m1/s1. The van der Waals surface area contributed by atoms with Crippen molar-refractivity contribution in [1.82, 2.24) is 5.32 Å². The zero-order valence-electron chi connectivity index (χ0n) is 15.3. The van der Waals surface area contributed by atoms with Crippen LogP contribution < -0.4 is 10.2 Å². The maximum absolute atomic E-state index is 13.6. The molecule has 3 rings (SSSR count). The molecule has 4 nitrogen and oxygen atoms in total. The zero-order valence-corrected chi connectivity index (χ0v) is 15.3. The number of para-hydroxylation sites is 2. The van der Waals surface area contributed by atoms with Gasteiger partial charge in [-0.3, -0.25) is 14.5 Å². The van der Waals surface area contributed by atoms with E-state index in [9.17, 15) is 9.59 Å². The van der Waals surface area contributed by atoms with Crippen molar-refractivity contribution in [3.63, 3.8) is 0 Å². The highest BCUT2D eigenvalue weighted by Crippen LogP contribution is 2.33. The van der Waals surface area contributed by atoms with E-state index in [4.69, 9.17) is 0 Å². The highest BCUT2D eigenvalue weighted by Gasteiger charge is 2.37. The van der Waals surface area contributed by atoms with Gasteiger partial charge in [0.2, 0.25) is 11.8 Å². The van der Waals surface area contributed by atoms with Crippen molar-refractivity contribution in [2.45, 2.75) is 12.8 Å². The van der Waals surface area contributed by atoms with E-state index in [1.807, 2.05) is 72.8 Å². The molecular formula is C23H24N2O2. The second-order valence-electron chi connectivity index (χ2n) is 6.53. The number of allylic oxidation sites excluding steroid dienone is 2. The highest BCUT2D eigenvalue weighted by molar-refractivity contribution is 6.03. The summed E-state index contributed by atoms with van der Waals surface area (Å²) in [5.74, 6) is -0.938. The lowest BCUT2D eigenvalue weighted by atomic mass is 9.81. The lowest BCUT2D eigenvalue weighted by Crippen LogP contribution is -2.43. The van der Waals surface area contributed by atoms with Gasteiger partial charge in [0.15, 0.2) is 0 Å². The fourth-order valence-corrected chi connectivity index (χ4v) is 3.40. The average molecular weight is 360 g/mol. The number of carbonyl (C=O) groups is 2. The van der Waals surface area contributed by atoms with Gasteiger partial charge in [0.25, 0.3) is 0 Å². The summed E-state index contributed by atoms with van der Waals surface area (Å²) < 4.78 is 0. The van der Waals surface area contributed by atoms with Crippen molar-refractivity contribution in [2.75, 3.05) is 11.4 Å². The summed E-state index contributed by atoms with van der Waals surface area (Å²) >= 11 is 0. The Morgan fingerprint density at radius 2 is 1.44 bits per heavy atom. The summed E-state index contributed by atoms with van der Waals surface area (Å²) in [6.07, 6.45) is 6.75. The van der Waals surface area contributed by atoms with Gasteiger partial charge < -0.3 is 5.32 Å². The van der Waals surface area contributed by atoms with Crippen LogP contribution in [-0.2, 0) is 9.59 Å². The number of nitrogens with zero attached hydrogens (tertiary/aromatic N) is 1. The third-order valence-electron chi connectivity index (χ3n) is 4.76. The molecule has 2 amide bonds. The molecule has 0 unspecified atom stereocenters. The lowest BCUT2D eigenvalue weighted by Gasteiger charge is -2.32. The van der Waals surface area contributed by atoms with Gasteiger partial charge in [-0.05, 0) is 37.1 Å². The van der Waals surface area contributed by atoms with Gasteiger partial charge in [-0.25, -0.2) is 0 Å². The van der Waals surface area contributed by atoms with E-state index in [1.165, 1.54) is 0 Å². The topological polar surface area (TPSA) is 49.4 Å². The fourth-order valence-electron chi connectivity index (χ4n) is 3.40. The quantitative estimate of drug-likeness (QED) is 0.784. The van der Waals surface area contributed by atoms with Crippen molar-refractivity contribution in [2.24, 2.45) is 11.8 Å². The number of nitrogens with one attached hydrogen (secondary N) is 1. The predicted molar refractivity (Wildman–Crippen MR) is 109 cm³/mol. The minimum atomic E-state index is -0.403. The normalized spacial score (nSPS) is 18.5. The van der Waals surface area contributed by atoms with Crippen molar-refractivity contribution in [3.8, 4) is 0 Å². The average Bonchev–Trinajstić information content (AvgIpc) is 2.73. The van der Waals surface area contributed by atoms with Gasteiger partial charge in [-0.2, -0.15) is 0 Å². The van der Waals surface area contributed by atoms with Crippen LogP contribution in [0, 0.1) is 11.8 Å². The van der Waals surface area contributed by atoms with Crippen LogP contribution >= 0.6 is 0 Å². The Morgan fingerprint density at radius 1 is 0.926 bits per heavy atom. The largest absolute Gasteiger partial charge is 0.352 e. The molecule has 0 aromatic heterocycles. The van der Waals surface area contributed by atoms with Crippen LogP contribution in [0.4, 0.5) is 11.4 Å². The van der Waals surface area contributed by atoms with E-state index in [1.54, 1.807) is 11.0 Å². The van der Waals surface area contributed by atoms with Gasteiger partial charge in [0.05, 0.1) is 11.8 Å². The molecule has 27 heavy (non-hydrogen) atoms. The molecule has 0 radical (unpaired) electrons. The molecule has 0 saturated carbocycles. The van der Waals surface area contributed by atoms with Crippen LogP contribution in [0.15, 0.2) is 85.5 Å². The summed E-state index contributed by atoms with van der Waals surface area (Å²) in [7, 11) is 0. The van der Waals surface area contributed by atoms with E-state index < -0.39 is 5.92 Å². The third kappa shape index (κ3) is 4.34. The number of rotatable bonds is 6. The molecule has 4 heteroatoms. The first kappa shape index (κ1) is 18.6. The fraction of sp³-hybridized carbons (Fsp3) is 0.217. The molecule has 2 aromatic rings. The Hall–Kier alpha value is -3.14. The van der Waals surface area contributed by atoms with Crippen LogP contribution in [0.3, 0.4) is 0 Å². The Labute approximate surface area is 160 Å². The van der Waals surface area contributed by atoms with Gasteiger partial charge in [-0.1, -0.05) is 54.6 Å². The SMILES string of the molecule is C=CCNC(=O)[C@@H]1CC=CC[C@@H]1C(=O)N(c1ccccc1)c1ccccc1. The summed E-state index contributed by atoms with van der Waals surface area (Å²) in [5, 5.41) is 2.84. The summed E-state index contributed by atoms with van der Waals surface area (Å²) in [4.78, 5) is 27.9. The second kappa shape index (κ2) is 8.99. The maximum Gasteiger partial charge on any atom is 0.235 e. The number of benzene rings is 2. The Balaban J connectivity index is 1.94. The van der Waals surface area contributed by atoms with Crippen molar-refractivity contribution >= 4 is 23.2 Å². The summed E-state index contributed by atoms with van der Waals surface area (Å²) in [5.41, 5.74) is 1.60. The Kier molecular flexibility index (Phi) is 6.21. The molecule has 0 fully saturated rings. The Morgan fingerprint density at radius 3 is 1.96 bits per heavy atom. The first-order chi connectivity index (χ1) is 13.2. The molecule has 0 bridgehead atoms. The minimum absolute atomic E-state index is 0.0597. The number of amides is 2. The zero-order chi connectivity index (χ0) is 19.1. The molecule has 0 aliphatic heterocycles. The number of anilines is 2. The second-order valence-corrected chi connectivity index (χ2v) is 6.53. The van der Waals surface area contributed by atoms with Crippen molar-refractivity contribution in [3.05, 3.63) is 85.5 Å². The first-order valence-corrected chi connectivity index (χ1v) is 9.20. The number of hydrogen-bond donors (Lipinski definition) is 1.